The first kappa shape index (κ1) is 29.6. The molecule has 1 fully saturated rings. The molecule has 1 amide bonds. The molecular formula is C31H29N5O6S2. The van der Waals surface area contributed by atoms with Gasteiger partial charge in [0.25, 0.3) is 11.5 Å². The van der Waals surface area contributed by atoms with Crippen molar-refractivity contribution in [2.24, 2.45) is 0 Å². The first-order valence-electron chi connectivity index (χ1n) is 13.6. The molecule has 226 valence electrons. The summed E-state index contributed by atoms with van der Waals surface area (Å²) in [7, 11) is 4.48. The van der Waals surface area contributed by atoms with E-state index in [1.807, 2.05) is 84.9 Å². The van der Waals surface area contributed by atoms with Gasteiger partial charge < -0.3 is 14.8 Å². The van der Waals surface area contributed by atoms with Crippen LogP contribution in [0.4, 0.5) is 5.95 Å². The number of thiazole rings is 1. The summed E-state index contributed by atoms with van der Waals surface area (Å²) in [6, 6.07) is 27.3. The number of nitrogens with one attached hydrogen (secondary N) is 2. The number of ether oxygens (including phenoxy) is 2. The van der Waals surface area contributed by atoms with Gasteiger partial charge in [0, 0.05) is 12.8 Å². The van der Waals surface area contributed by atoms with Crippen LogP contribution in [0.5, 0.6) is 5.75 Å². The van der Waals surface area contributed by atoms with E-state index in [0.29, 0.717) is 11.5 Å². The van der Waals surface area contributed by atoms with Crippen LogP contribution >= 0.6 is 23.1 Å². The van der Waals surface area contributed by atoms with Crippen molar-refractivity contribution in [1.82, 2.24) is 19.6 Å². The molecule has 2 N–H and O–H groups in total. The van der Waals surface area contributed by atoms with Crippen LogP contribution in [0, 0.1) is 0 Å². The first-order valence-corrected chi connectivity index (χ1v) is 15.5. The Hall–Kier alpha value is -4.43. The summed E-state index contributed by atoms with van der Waals surface area (Å²) in [6.07, 6.45) is -0.808. The van der Waals surface area contributed by atoms with Crippen LogP contribution in [0.1, 0.15) is 22.9 Å². The number of fused-ring (bicyclic) bond motifs is 1. The lowest BCUT2D eigenvalue weighted by molar-refractivity contribution is -0.177. The molecule has 3 aromatic carbocycles. The minimum absolute atomic E-state index is 0.148. The van der Waals surface area contributed by atoms with E-state index >= 15 is 0 Å². The van der Waals surface area contributed by atoms with Crippen molar-refractivity contribution in [2.75, 3.05) is 32.3 Å². The summed E-state index contributed by atoms with van der Waals surface area (Å²) >= 11 is 2.03. The third-order valence-electron chi connectivity index (χ3n) is 7.46. The fourth-order valence-electron chi connectivity index (χ4n) is 5.25. The molecule has 44 heavy (non-hydrogen) atoms. The number of hydrogen-bond acceptors (Lipinski definition) is 10. The highest BCUT2D eigenvalue weighted by atomic mass is 32.2. The Balaban J connectivity index is 1.50. The Morgan fingerprint density at radius 3 is 2.20 bits per heavy atom. The average molecular weight is 632 g/mol. The van der Waals surface area contributed by atoms with E-state index < -0.39 is 33.5 Å². The van der Waals surface area contributed by atoms with E-state index in [1.54, 1.807) is 7.11 Å². The molecule has 1 aliphatic rings. The van der Waals surface area contributed by atoms with Gasteiger partial charge in [-0.2, -0.15) is 4.98 Å². The second-order valence-corrected chi connectivity index (χ2v) is 12.0. The quantitative estimate of drug-likeness (QED) is 0.182. The Bertz CT molecular complexity index is 1850. The predicted molar refractivity (Wildman–Crippen MR) is 170 cm³/mol. The van der Waals surface area contributed by atoms with E-state index in [2.05, 4.69) is 10.3 Å². The Morgan fingerprint density at radius 1 is 1.00 bits per heavy atom. The number of H-pyrrole nitrogens is 1. The second kappa shape index (κ2) is 12.3. The van der Waals surface area contributed by atoms with Crippen molar-refractivity contribution in [3.63, 3.8) is 0 Å². The summed E-state index contributed by atoms with van der Waals surface area (Å²) in [4.78, 5) is 51.5. The fraction of sp³-hybridized carbons (Fsp3) is 0.226. The number of rotatable bonds is 9. The number of carbonyl (C=O) groups is 1. The van der Waals surface area contributed by atoms with Gasteiger partial charge in [0.1, 0.15) is 16.0 Å². The molecule has 13 heteroatoms. The molecule has 3 heterocycles. The molecule has 1 saturated heterocycles. The standard InChI is InChI=1S/C31H29N5O6S2/c1-35(41-3)27(38)28-42-23(18-43-28)36-25-24(44-30(36)39)26(37)33-29(32-25)34-31(19-10-6-4-7-11-19,20-12-8-5-9-13-20)21-14-16-22(40-2)17-15-21/h4-17,23,28H,18H2,1-3H3,(H2,32,33,34,37). The van der Waals surface area contributed by atoms with Crippen LogP contribution < -0.4 is 20.5 Å². The Morgan fingerprint density at radius 2 is 1.61 bits per heavy atom. The molecule has 0 bridgehead atoms. The minimum Gasteiger partial charge on any atom is -0.497 e. The molecular weight excluding hydrogens is 603 g/mol. The highest BCUT2D eigenvalue weighted by Gasteiger charge is 2.39. The zero-order valence-electron chi connectivity index (χ0n) is 24.1. The molecule has 0 aliphatic carbocycles. The van der Waals surface area contributed by atoms with Crippen molar-refractivity contribution >= 4 is 45.3 Å². The summed E-state index contributed by atoms with van der Waals surface area (Å²) in [6.45, 7) is 0. The number of aromatic amines is 1. The van der Waals surface area contributed by atoms with Crippen LogP contribution in [-0.4, -0.2) is 58.0 Å². The van der Waals surface area contributed by atoms with Gasteiger partial charge in [0.2, 0.25) is 5.95 Å². The molecule has 2 unspecified atom stereocenters. The van der Waals surface area contributed by atoms with Gasteiger partial charge in [-0.3, -0.25) is 28.8 Å². The molecule has 5 aromatic rings. The van der Waals surface area contributed by atoms with Gasteiger partial charge in [-0.1, -0.05) is 84.1 Å². The number of hydroxylamine groups is 2. The maximum absolute atomic E-state index is 13.4. The number of aromatic nitrogens is 3. The fourth-order valence-corrected chi connectivity index (χ4v) is 7.17. The Labute approximate surface area is 260 Å². The largest absolute Gasteiger partial charge is 0.497 e. The average Bonchev–Trinajstić information content (AvgIpc) is 3.68. The van der Waals surface area contributed by atoms with Crippen LogP contribution in [0.3, 0.4) is 0 Å². The van der Waals surface area contributed by atoms with Crippen molar-refractivity contribution in [2.45, 2.75) is 17.2 Å². The third kappa shape index (κ3) is 5.28. The predicted octanol–water partition coefficient (Wildman–Crippen LogP) is 4.17. The van der Waals surface area contributed by atoms with E-state index in [1.165, 1.54) is 30.5 Å². The lowest BCUT2D eigenvalue weighted by Gasteiger charge is -2.37. The third-order valence-corrected chi connectivity index (χ3v) is 9.50. The second-order valence-electron chi connectivity index (χ2n) is 9.92. The maximum Gasteiger partial charge on any atom is 0.311 e. The van der Waals surface area contributed by atoms with E-state index in [9.17, 15) is 14.4 Å². The SMILES string of the molecule is COc1ccc(C(Nc2nc3c(sc(=O)n3C3CSC(C(=O)N(C)OC)O3)c(=O)[nH]2)(c2ccccc2)c2ccccc2)cc1. The minimum atomic E-state index is -1.01. The lowest BCUT2D eigenvalue weighted by atomic mass is 9.77. The summed E-state index contributed by atoms with van der Waals surface area (Å²) in [5, 5.41) is 4.62. The summed E-state index contributed by atoms with van der Waals surface area (Å²) < 4.78 is 12.9. The summed E-state index contributed by atoms with van der Waals surface area (Å²) in [5.41, 5.74) is 0.449. The number of thioether (sulfide) groups is 1. The lowest BCUT2D eigenvalue weighted by Crippen LogP contribution is -2.39. The number of methoxy groups -OCH3 is 1. The zero-order chi connectivity index (χ0) is 30.8. The number of nitrogens with zero attached hydrogens (tertiary/aromatic N) is 3. The van der Waals surface area contributed by atoms with Gasteiger partial charge in [0.15, 0.2) is 17.3 Å². The summed E-state index contributed by atoms with van der Waals surface area (Å²) in [5.74, 6) is 0.758. The molecule has 2 atom stereocenters. The first-order chi connectivity index (χ1) is 21.3. The normalized spacial score (nSPS) is 16.6. The molecule has 2 aromatic heterocycles. The van der Waals surface area contributed by atoms with Gasteiger partial charge in [-0.25, -0.2) is 5.06 Å². The number of hydrogen-bond donors (Lipinski definition) is 2. The molecule has 6 rings (SSSR count). The Kier molecular flexibility index (Phi) is 8.27. The van der Waals surface area contributed by atoms with E-state index in [4.69, 9.17) is 19.3 Å². The molecule has 0 spiro atoms. The zero-order valence-corrected chi connectivity index (χ0v) is 25.7. The van der Waals surface area contributed by atoms with E-state index in [-0.39, 0.29) is 16.3 Å². The molecule has 0 radical (unpaired) electrons. The van der Waals surface area contributed by atoms with Crippen molar-refractivity contribution in [1.29, 1.82) is 0 Å². The number of benzene rings is 3. The smallest absolute Gasteiger partial charge is 0.311 e. The van der Waals surface area contributed by atoms with Crippen molar-refractivity contribution in [3.8, 4) is 5.75 Å². The van der Waals surface area contributed by atoms with E-state index in [0.717, 1.165) is 33.1 Å². The number of carbonyl (C=O) groups excluding carboxylic acids is 1. The van der Waals surface area contributed by atoms with Crippen molar-refractivity contribution in [3.05, 3.63) is 122 Å². The number of amides is 1. The monoisotopic (exact) mass is 631 g/mol. The number of likely N-dealkylation sites (N-methyl/N-ethyl adjacent to an activating group) is 1. The van der Waals surface area contributed by atoms with Crippen LogP contribution in [0.2, 0.25) is 0 Å². The number of anilines is 1. The van der Waals surface area contributed by atoms with Gasteiger partial charge in [0.05, 0.1) is 14.2 Å². The van der Waals surface area contributed by atoms with Gasteiger partial charge in [-0.05, 0) is 28.8 Å². The van der Waals surface area contributed by atoms with Crippen LogP contribution in [0.15, 0.2) is 94.5 Å². The maximum atomic E-state index is 13.4. The molecule has 0 saturated carbocycles. The van der Waals surface area contributed by atoms with Gasteiger partial charge >= 0.3 is 4.87 Å². The molecule has 1 aliphatic heterocycles. The van der Waals surface area contributed by atoms with Crippen LogP contribution in [0.25, 0.3) is 10.3 Å². The van der Waals surface area contributed by atoms with Crippen molar-refractivity contribution < 1.29 is 19.1 Å². The van der Waals surface area contributed by atoms with Gasteiger partial charge in [-0.15, -0.1) is 11.8 Å². The van der Waals surface area contributed by atoms with Crippen LogP contribution in [-0.2, 0) is 19.9 Å². The highest BCUT2D eigenvalue weighted by molar-refractivity contribution is 8.00. The highest BCUT2D eigenvalue weighted by Crippen LogP contribution is 2.40. The molecule has 11 nitrogen and oxygen atoms in total. The topological polar surface area (TPSA) is 128 Å².